The van der Waals surface area contributed by atoms with E-state index in [1.807, 2.05) is 6.07 Å². The van der Waals surface area contributed by atoms with Crippen LogP contribution in [0.25, 0.3) is 94.8 Å². The lowest BCUT2D eigenvalue weighted by Gasteiger charge is -2.12. The van der Waals surface area contributed by atoms with Gasteiger partial charge >= 0.3 is 0 Å². The highest BCUT2D eigenvalue weighted by atomic mass is 15.0. The second-order valence-electron chi connectivity index (χ2n) is 14.5. The Morgan fingerprint density at radius 3 is 1.75 bits per heavy atom. The first-order valence-corrected chi connectivity index (χ1v) is 19.2. The summed E-state index contributed by atoms with van der Waals surface area (Å²) in [5.74, 6) is 0.745. The second-order valence-corrected chi connectivity index (χ2v) is 14.5. The fraction of sp³-hybridized carbons (Fsp3) is 0.0189. The summed E-state index contributed by atoms with van der Waals surface area (Å²) in [6.45, 7) is 0. The smallest absolute Gasteiger partial charge is 0.160 e. The Kier molecular flexibility index (Phi) is 7.56. The molecule has 2 heterocycles. The van der Waals surface area contributed by atoms with Crippen LogP contribution in [0, 0.1) is 0 Å². The Bertz CT molecular complexity index is 3070. The molecule has 3 nitrogen and oxygen atoms in total. The van der Waals surface area contributed by atoms with E-state index in [4.69, 9.17) is 9.97 Å². The van der Waals surface area contributed by atoms with Crippen LogP contribution < -0.4 is 0 Å². The molecule has 0 bridgehead atoms. The number of benzene rings is 8. The molecule has 56 heavy (non-hydrogen) atoms. The molecule has 0 unspecified atom stereocenters. The highest BCUT2D eigenvalue weighted by Gasteiger charge is 2.27. The molecule has 2 aromatic heterocycles. The molecule has 11 rings (SSSR count). The lowest BCUT2D eigenvalue weighted by atomic mass is 9.94. The zero-order valence-corrected chi connectivity index (χ0v) is 30.6. The number of para-hydroxylation sites is 2. The van der Waals surface area contributed by atoms with Crippen LogP contribution in [0.4, 0.5) is 0 Å². The van der Waals surface area contributed by atoms with Gasteiger partial charge in [0.25, 0.3) is 0 Å². The van der Waals surface area contributed by atoms with Gasteiger partial charge < -0.3 is 4.57 Å². The van der Waals surface area contributed by atoms with Crippen LogP contribution in [-0.4, -0.2) is 14.5 Å². The molecule has 1 aliphatic rings. The first kappa shape index (κ1) is 32.1. The zero-order chi connectivity index (χ0) is 37.0. The van der Waals surface area contributed by atoms with E-state index in [2.05, 4.69) is 199 Å². The first-order valence-electron chi connectivity index (χ1n) is 19.2. The maximum absolute atomic E-state index is 5.29. The summed E-state index contributed by atoms with van der Waals surface area (Å²) in [4.78, 5) is 10.5. The van der Waals surface area contributed by atoms with E-state index < -0.39 is 0 Å². The monoisotopic (exact) mass is 713 g/mol. The quantitative estimate of drug-likeness (QED) is 0.172. The molecule has 3 heteroatoms. The van der Waals surface area contributed by atoms with Gasteiger partial charge in [-0.25, -0.2) is 9.97 Å². The average molecular weight is 714 g/mol. The van der Waals surface area contributed by atoms with E-state index in [9.17, 15) is 0 Å². The van der Waals surface area contributed by atoms with Gasteiger partial charge in [-0.1, -0.05) is 164 Å². The number of nitrogens with zero attached hydrogens (tertiary/aromatic N) is 3. The molecule has 1 aliphatic carbocycles. The molecule has 0 saturated heterocycles. The largest absolute Gasteiger partial charge is 0.309 e. The van der Waals surface area contributed by atoms with Crippen molar-refractivity contribution in [3.63, 3.8) is 0 Å². The van der Waals surface area contributed by atoms with Gasteiger partial charge in [0, 0.05) is 45.1 Å². The van der Waals surface area contributed by atoms with E-state index in [-0.39, 0.29) is 0 Å². The van der Waals surface area contributed by atoms with Gasteiger partial charge in [-0.05, 0) is 75.3 Å². The van der Waals surface area contributed by atoms with Gasteiger partial charge in [0.2, 0.25) is 0 Å². The maximum Gasteiger partial charge on any atom is 0.160 e. The predicted molar refractivity (Wildman–Crippen MR) is 232 cm³/mol. The normalized spacial score (nSPS) is 11.9. The van der Waals surface area contributed by atoms with Crippen LogP contribution >= 0.6 is 0 Å². The van der Waals surface area contributed by atoms with Crippen molar-refractivity contribution in [3.05, 3.63) is 211 Å². The van der Waals surface area contributed by atoms with Crippen molar-refractivity contribution in [1.82, 2.24) is 14.5 Å². The van der Waals surface area contributed by atoms with Crippen molar-refractivity contribution in [2.45, 2.75) is 6.42 Å². The number of aromatic nitrogens is 3. The van der Waals surface area contributed by atoms with Gasteiger partial charge in [-0.2, -0.15) is 0 Å². The topological polar surface area (TPSA) is 30.7 Å². The van der Waals surface area contributed by atoms with Crippen LogP contribution in [0.1, 0.15) is 11.1 Å². The Labute approximate surface area is 325 Å². The molecule has 0 saturated carbocycles. The summed E-state index contributed by atoms with van der Waals surface area (Å²) in [7, 11) is 0. The van der Waals surface area contributed by atoms with Gasteiger partial charge in [0.05, 0.1) is 22.4 Å². The summed E-state index contributed by atoms with van der Waals surface area (Å²) < 4.78 is 2.38. The van der Waals surface area contributed by atoms with Crippen LogP contribution in [-0.2, 0) is 6.42 Å². The molecule has 0 radical (unpaired) electrons. The second kappa shape index (κ2) is 13.2. The van der Waals surface area contributed by atoms with Crippen LogP contribution in [0.15, 0.2) is 200 Å². The minimum Gasteiger partial charge on any atom is -0.309 e. The molecule has 10 aromatic rings. The molecule has 262 valence electrons. The third kappa shape index (κ3) is 5.36. The summed E-state index contributed by atoms with van der Waals surface area (Å²) >= 11 is 0. The van der Waals surface area contributed by atoms with Crippen molar-refractivity contribution in [3.8, 4) is 73.0 Å². The van der Waals surface area contributed by atoms with Gasteiger partial charge in [-0.15, -0.1) is 0 Å². The Morgan fingerprint density at radius 2 is 0.946 bits per heavy atom. The van der Waals surface area contributed by atoms with E-state index in [1.165, 1.54) is 71.9 Å². The third-order valence-corrected chi connectivity index (χ3v) is 11.3. The van der Waals surface area contributed by atoms with Gasteiger partial charge in [0.1, 0.15) is 0 Å². The zero-order valence-electron chi connectivity index (χ0n) is 30.6. The highest BCUT2D eigenvalue weighted by molar-refractivity contribution is 6.15. The molecule has 0 aliphatic heterocycles. The van der Waals surface area contributed by atoms with Crippen LogP contribution in [0.5, 0.6) is 0 Å². The summed E-state index contributed by atoms with van der Waals surface area (Å²) in [6.07, 6.45) is 0.795. The van der Waals surface area contributed by atoms with Crippen molar-refractivity contribution in [1.29, 1.82) is 0 Å². The molecular formula is C53H35N3. The molecular weight excluding hydrogens is 679 g/mol. The Hall–Kier alpha value is -7.36. The number of hydrogen-bond acceptors (Lipinski definition) is 2. The van der Waals surface area contributed by atoms with Crippen molar-refractivity contribution in [2.24, 2.45) is 0 Å². The van der Waals surface area contributed by atoms with E-state index in [1.54, 1.807) is 0 Å². The van der Waals surface area contributed by atoms with Gasteiger partial charge in [0.15, 0.2) is 5.82 Å². The molecule has 0 amide bonds. The van der Waals surface area contributed by atoms with Crippen LogP contribution in [0.3, 0.4) is 0 Å². The number of rotatable bonds is 6. The van der Waals surface area contributed by atoms with E-state index in [0.717, 1.165) is 40.4 Å². The number of hydrogen-bond donors (Lipinski definition) is 0. The fourth-order valence-corrected chi connectivity index (χ4v) is 8.58. The Balaban J connectivity index is 1.03. The molecule has 0 atom stereocenters. The maximum atomic E-state index is 5.29. The highest BCUT2D eigenvalue weighted by Crippen LogP contribution is 2.44. The average Bonchev–Trinajstić information content (AvgIpc) is 3.83. The number of fused-ring (bicyclic) bond motifs is 6. The standard InChI is InChI=1S/C53H35N3/c1-4-14-35(15-5-1)36-26-28-37(29-27-36)51-47-34-42-31-30-40(33-46(42)52(47)55-53(54-51)38-16-6-2-7-17-38)39-18-12-19-41(32-39)44-23-13-25-49-50(44)45-22-10-11-24-48(45)56(49)43-20-8-3-9-21-43/h1-33H,34H2. The predicted octanol–water partition coefficient (Wildman–Crippen LogP) is 13.5. The molecule has 0 spiro atoms. The minimum atomic E-state index is 0.745. The fourth-order valence-electron chi connectivity index (χ4n) is 8.58. The summed E-state index contributed by atoms with van der Waals surface area (Å²) in [5.41, 5.74) is 18.5. The van der Waals surface area contributed by atoms with Crippen molar-refractivity contribution in [2.75, 3.05) is 0 Å². The third-order valence-electron chi connectivity index (χ3n) is 11.3. The minimum absolute atomic E-state index is 0.745. The van der Waals surface area contributed by atoms with Gasteiger partial charge in [-0.3, -0.25) is 0 Å². The van der Waals surface area contributed by atoms with E-state index >= 15 is 0 Å². The Morgan fingerprint density at radius 1 is 0.375 bits per heavy atom. The first-order chi connectivity index (χ1) is 27.8. The summed E-state index contributed by atoms with van der Waals surface area (Å²) in [6, 6.07) is 71.7. The molecule has 0 N–H and O–H groups in total. The summed E-state index contributed by atoms with van der Waals surface area (Å²) in [5, 5.41) is 2.52. The molecule has 8 aromatic carbocycles. The van der Waals surface area contributed by atoms with E-state index in [0.29, 0.717) is 0 Å². The lowest BCUT2D eigenvalue weighted by molar-refractivity contribution is 1.13. The van der Waals surface area contributed by atoms with Crippen molar-refractivity contribution < 1.29 is 0 Å². The SMILES string of the molecule is c1ccc(-c2ccc(-c3nc(-c4ccccc4)nc4c3Cc3ccc(-c5cccc(-c6cccc7c6c6ccccc6n7-c6ccccc6)c5)cc3-4)cc2)cc1. The van der Waals surface area contributed by atoms with Crippen LogP contribution in [0.2, 0.25) is 0 Å². The molecule has 0 fully saturated rings. The van der Waals surface area contributed by atoms with Crippen molar-refractivity contribution >= 4 is 21.8 Å². The lowest BCUT2D eigenvalue weighted by Crippen LogP contribution is -1.99.